The van der Waals surface area contributed by atoms with Crippen LogP contribution in [-0.2, 0) is 0 Å². The number of likely N-dealkylation sites (N-methyl/N-ethyl adjacent to an activating group) is 1. The summed E-state index contributed by atoms with van der Waals surface area (Å²) in [5.74, 6) is 0. The summed E-state index contributed by atoms with van der Waals surface area (Å²) in [7, 11) is 0. The van der Waals surface area contributed by atoms with Gasteiger partial charge in [-0.25, -0.2) is 0 Å². The van der Waals surface area contributed by atoms with E-state index in [1.54, 1.807) is 0 Å². The van der Waals surface area contributed by atoms with E-state index in [-0.39, 0.29) is 0 Å². The fourth-order valence-electron chi connectivity index (χ4n) is 2.03. The Morgan fingerprint density at radius 2 is 1.75 bits per heavy atom. The van der Waals surface area contributed by atoms with E-state index in [0.29, 0.717) is 6.04 Å². The van der Waals surface area contributed by atoms with Crippen molar-refractivity contribution in [2.45, 2.75) is 65.8 Å². The van der Waals surface area contributed by atoms with Gasteiger partial charge in [-0.3, -0.25) is 0 Å². The molecule has 0 aromatic carbocycles. The normalized spacial score (nSPS) is 13.3. The molecule has 0 fully saturated rings. The lowest BCUT2D eigenvalue weighted by Gasteiger charge is -2.27. The highest BCUT2D eigenvalue weighted by Gasteiger charge is 2.10. The third-order valence-electron chi connectivity index (χ3n) is 3.07. The summed E-state index contributed by atoms with van der Waals surface area (Å²) in [6.07, 6.45) is 6.47. The van der Waals surface area contributed by atoms with Crippen molar-refractivity contribution in [3.63, 3.8) is 0 Å². The van der Waals surface area contributed by atoms with Crippen LogP contribution in [0.5, 0.6) is 0 Å². The summed E-state index contributed by atoms with van der Waals surface area (Å²) in [6.45, 7) is 13.9. The standard InChI is InChI=1S/C14H32N2/c1-5-9-12-16(8-4)13-14(10-6-2)15-11-7-3/h14-15H,5-13H2,1-4H3. The molecule has 1 atom stereocenters. The van der Waals surface area contributed by atoms with Crippen molar-refractivity contribution < 1.29 is 0 Å². The average Bonchev–Trinajstić information content (AvgIpc) is 2.31. The summed E-state index contributed by atoms with van der Waals surface area (Å²) in [6, 6.07) is 0.696. The third-order valence-corrected chi connectivity index (χ3v) is 3.07. The number of rotatable bonds is 11. The molecule has 0 radical (unpaired) electrons. The van der Waals surface area contributed by atoms with E-state index >= 15 is 0 Å². The molecule has 0 saturated carbocycles. The summed E-state index contributed by atoms with van der Waals surface area (Å²) in [4.78, 5) is 2.59. The Balaban J connectivity index is 3.90. The number of nitrogens with zero attached hydrogens (tertiary/aromatic N) is 1. The second kappa shape index (κ2) is 11.4. The minimum Gasteiger partial charge on any atom is -0.313 e. The van der Waals surface area contributed by atoms with E-state index in [1.165, 1.54) is 51.7 Å². The summed E-state index contributed by atoms with van der Waals surface area (Å²) < 4.78 is 0. The van der Waals surface area contributed by atoms with E-state index in [2.05, 4.69) is 37.9 Å². The highest BCUT2D eigenvalue weighted by atomic mass is 15.1. The molecule has 98 valence electrons. The first kappa shape index (κ1) is 15.9. The van der Waals surface area contributed by atoms with Crippen molar-refractivity contribution in [3.8, 4) is 0 Å². The third kappa shape index (κ3) is 8.12. The van der Waals surface area contributed by atoms with Crippen LogP contribution in [0.15, 0.2) is 0 Å². The Bertz CT molecular complexity index is 137. The minimum atomic E-state index is 0.696. The molecule has 0 aliphatic heterocycles. The molecule has 2 heteroatoms. The molecule has 0 aliphatic rings. The van der Waals surface area contributed by atoms with Crippen LogP contribution in [0.4, 0.5) is 0 Å². The van der Waals surface area contributed by atoms with E-state index in [0.717, 1.165) is 6.54 Å². The predicted octanol–water partition coefficient (Wildman–Crippen LogP) is 3.28. The number of unbranched alkanes of at least 4 members (excludes halogenated alkanes) is 1. The van der Waals surface area contributed by atoms with Gasteiger partial charge in [-0.15, -0.1) is 0 Å². The zero-order chi connectivity index (χ0) is 12.2. The molecule has 0 saturated heterocycles. The van der Waals surface area contributed by atoms with Gasteiger partial charge >= 0.3 is 0 Å². The van der Waals surface area contributed by atoms with Crippen molar-refractivity contribution in [3.05, 3.63) is 0 Å². The minimum absolute atomic E-state index is 0.696. The molecule has 0 aliphatic carbocycles. The van der Waals surface area contributed by atoms with Crippen LogP contribution in [-0.4, -0.2) is 37.1 Å². The van der Waals surface area contributed by atoms with Crippen LogP contribution in [0.2, 0.25) is 0 Å². The SMILES string of the molecule is CCCCN(CC)CC(CCC)NCCC. The average molecular weight is 228 g/mol. The van der Waals surface area contributed by atoms with Gasteiger partial charge in [0.2, 0.25) is 0 Å². The quantitative estimate of drug-likeness (QED) is 0.584. The van der Waals surface area contributed by atoms with E-state index < -0.39 is 0 Å². The molecule has 0 rings (SSSR count). The van der Waals surface area contributed by atoms with Crippen molar-refractivity contribution >= 4 is 0 Å². The van der Waals surface area contributed by atoms with Crippen LogP contribution in [0.3, 0.4) is 0 Å². The topological polar surface area (TPSA) is 15.3 Å². The molecule has 16 heavy (non-hydrogen) atoms. The van der Waals surface area contributed by atoms with Gasteiger partial charge in [-0.05, 0) is 38.9 Å². The smallest absolute Gasteiger partial charge is 0.0194 e. The first-order valence-electron chi connectivity index (χ1n) is 7.24. The van der Waals surface area contributed by atoms with Gasteiger partial charge in [0.25, 0.3) is 0 Å². The second-order valence-electron chi connectivity index (χ2n) is 4.69. The molecule has 0 bridgehead atoms. The van der Waals surface area contributed by atoms with Gasteiger partial charge in [-0.1, -0.05) is 40.5 Å². The molecule has 0 aromatic heterocycles. The molecule has 0 aromatic rings. The molecular formula is C14H32N2. The highest BCUT2D eigenvalue weighted by Crippen LogP contribution is 2.02. The van der Waals surface area contributed by atoms with E-state index in [1.807, 2.05) is 0 Å². The van der Waals surface area contributed by atoms with Gasteiger partial charge in [-0.2, -0.15) is 0 Å². The zero-order valence-electron chi connectivity index (χ0n) is 11.9. The van der Waals surface area contributed by atoms with E-state index in [4.69, 9.17) is 0 Å². The predicted molar refractivity (Wildman–Crippen MR) is 74.0 cm³/mol. The van der Waals surface area contributed by atoms with Gasteiger partial charge < -0.3 is 10.2 Å². The van der Waals surface area contributed by atoms with Gasteiger partial charge in [0.15, 0.2) is 0 Å². The molecule has 0 amide bonds. The Labute approximate surface area is 103 Å². The maximum Gasteiger partial charge on any atom is 0.0194 e. The lowest BCUT2D eigenvalue weighted by Crippen LogP contribution is -2.41. The van der Waals surface area contributed by atoms with Crippen molar-refractivity contribution in [2.24, 2.45) is 0 Å². The number of hydrogen-bond donors (Lipinski definition) is 1. The first-order valence-corrected chi connectivity index (χ1v) is 7.24. The number of nitrogens with one attached hydrogen (secondary N) is 1. The van der Waals surface area contributed by atoms with Crippen LogP contribution in [0.25, 0.3) is 0 Å². The monoisotopic (exact) mass is 228 g/mol. The largest absolute Gasteiger partial charge is 0.313 e. The summed E-state index contributed by atoms with van der Waals surface area (Å²) in [5, 5.41) is 3.67. The highest BCUT2D eigenvalue weighted by molar-refractivity contribution is 4.71. The first-order chi connectivity index (χ1) is 7.78. The lowest BCUT2D eigenvalue weighted by atomic mass is 10.1. The van der Waals surface area contributed by atoms with Crippen molar-refractivity contribution in [1.82, 2.24) is 10.2 Å². The molecule has 0 spiro atoms. The Morgan fingerprint density at radius 3 is 2.25 bits per heavy atom. The molecule has 2 nitrogen and oxygen atoms in total. The van der Waals surface area contributed by atoms with Crippen LogP contribution >= 0.6 is 0 Å². The van der Waals surface area contributed by atoms with Gasteiger partial charge in [0, 0.05) is 12.6 Å². The Hall–Kier alpha value is -0.0800. The Kier molecular flexibility index (Phi) is 11.3. The van der Waals surface area contributed by atoms with E-state index in [9.17, 15) is 0 Å². The van der Waals surface area contributed by atoms with Crippen LogP contribution in [0.1, 0.15) is 59.8 Å². The maximum atomic E-state index is 3.67. The summed E-state index contributed by atoms with van der Waals surface area (Å²) in [5.41, 5.74) is 0. The lowest BCUT2D eigenvalue weighted by molar-refractivity contribution is 0.243. The fourth-order valence-corrected chi connectivity index (χ4v) is 2.03. The molecule has 1 unspecified atom stereocenters. The molecular weight excluding hydrogens is 196 g/mol. The molecule has 0 heterocycles. The van der Waals surface area contributed by atoms with Crippen molar-refractivity contribution in [2.75, 3.05) is 26.2 Å². The van der Waals surface area contributed by atoms with Gasteiger partial charge in [0.1, 0.15) is 0 Å². The van der Waals surface area contributed by atoms with Crippen LogP contribution < -0.4 is 5.32 Å². The Morgan fingerprint density at radius 1 is 1.00 bits per heavy atom. The zero-order valence-corrected chi connectivity index (χ0v) is 11.9. The number of hydrogen-bond acceptors (Lipinski definition) is 2. The van der Waals surface area contributed by atoms with Gasteiger partial charge in [0.05, 0.1) is 0 Å². The second-order valence-corrected chi connectivity index (χ2v) is 4.69. The molecule has 1 N–H and O–H groups in total. The van der Waals surface area contributed by atoms with Crippen LogP contribution in [0, 0.1) is 0 Å². The fraction of sp³-hybridized carbons (Fsp3) is 1.00. The van der Waals surface area contributed by atoms with Crippen molar-refractivity contribution in [1.29, 1.82) is 0 Å². The summed E-state index contributed by atoms with van der Waals surface area (Å²) >= 11 is 0. The maximum absolute atomic E-state index is 3.67.